The van der Waals surface area contributed by atoms with Crippen LogP contribution in [0, 0.1) is 0 Å². The number of benzene rings is 6. The van der Waals surface area contributed by atoms with Crippen LogP contribution in [0.25, 0.3) is 89.3 Å². The minimum Gasteiger partial charge on any atom is -0.308 e. The fraction of sp³-hybridized carbons (Fsp3) is 0. The summed E-state index contributed by atoms with van der Waals surface area (Å²) < 4.78 is 4.50. The topological polar surface area (TPSA) is 61.4 Å². The predicted molar refractivity (Wildman–Crippen MR) is 203 cm³/mol. The maximum absolute atomic E-state index is 5.16. The minimum absolute atomic E-state index is 0.569. The molecule has 0 saturated carbocycles. The summed E-state index contributed by atoms with van der Waals surface area (Å²) in [6, 6.07) is 56.6. The first kappa shape index (κ1) is 28.1. The van der Waals surface area contributed by atoms with Crippen LogP contribution in [-0.4, -0.2) is 29.1 Å². The van der Waals surface area contributed by atoms with E-state index in [2.05, 4.69) is 100 Å². The third kappa shape index (κ3) is 4.43. The van der Waals surface area contributed by atoms with Crippen LogP contribution in [0.1, 0.15) is 0 Å². The number of hydrogen-bond acceptors (Lipinski definition) is 4. The Labute approximate surface area is 287 Å². The Balaban J connectivity index is 1.27. The average molecular weight is 641 g/mol. The van der Waals surface area contributed by atoms with Crippen LogP contribution in [-0.2, 0) is 0 Å². The Morgan fingerprint density at radius 2 is 1.02 bits per heavy atom. The van der Waals surface area contributed by atoms with Gasteiger partial charge in [0.05, 0.1) is 27.6 Å². The highest BCUT2D eigenvalue weighted by atomic mass is 15.2. The molecule has 0 spiro atoms. The van der Waals surface area contributed by atoms with Crippen LogP contribution < -0.4 is 0 Å². The lowest BCUT2D eigenvalue weighted by Gasteiger charge is -2.13. The SMILES string of the molecule is c1ccc(-c2nc(-c3ccccc3)nc(-n3c4ccccc4c4cccc(-c5ccc6c(c5)c5ncccc5n6-c5ccccc5)c43)n2)cc1. The van der Waals surface area contributed by atoms with E-state index in [1.807, 2.05) is 79.0 Å². The summed E-state index contributed by atoms with van der Waals surface area (Å²) in [5, 5.41) is 3.36. The summed E-state index contributed by atoms with van der Waals surface area (Å²) in [6.45, 7) is 0. The Hall–Kier alpha value is -6.92. The summed E-state index contributed by atoms with van der Waals surface area (Å²) in [5.41, 5.74) is 10.4. The lowest BCUT2D eigenvalue weighted by atomic mass is 10.0. The van der Waals surface area contributed by atoms with E-state index in [0.29, 0.717) is 17.6 Å². The largest absolute Gasteiger partial charge is 0.308 e. The second-order valence-electron chi connectivity index (χ2n) is 12.3. The third-order valence-electron chi connectivity index (χ3n) is 9.43. The zero-order valence-electron chi connectivity index (χ0n) is 26.8. The standard InChI is InChI=1S/C44H28N6/c1-4-14-29(15-5-1)42-46-43(30-16-6-2-7-17-30)48-44(47-42)50-37-23-11-10-20-34(37)35-22-12-21-33(41(35)50)31-25-26-38-36(28-31)40-39(24-13-27-45-40)49(38)32-18-8-3-9-19-32/h1-28H. The van der Waals surface area contributed by atoms with Crippen molar-refractivity contribution in [2.45, 2.75) is 0 Å². The molecule has 50 heavy (non-hydrogen) atoms. The highest BCUT2D eigenvalue weighted by molar-refractivity contribution is 6.15. The predicted octanol–water partition coefficient (Wildman–Crippen LogP) is 10.5. The molecule has 6 heteroatoms. The fourth-order valence-corrected chi connectivity index (χ4v) is 7.21. The van der Waals surface area contributed by atoms with E-state index in [0.717, 1.165) is 71.7 Å². The summed E-state index contributed by atoms with van der Waals surface area (Å²) in [6.07, 6.45) is 1.87. The van der Waals surface area contributed by atoms with Crippen molar-refractivity contribution in [2.75, 3.05) is 0 Å². The first-order valence-corrected chi connectivity index (χ1v) is 16.7. The quantitative estimate of drug-likeness (QED) is 0.188. The smallest absolute Gasteiger partial charge is 0.238 e. The number of pyridine rings is 1. The van der Waals surface area contributed by atoms with Crippen LogP contribution in [0.15, 0.2) is 170 Å². The van der Waals surface area contributed by atoms with E-state index >= 15 is 0 Å². The molecule has 0 aliphatic heterocycles. The van der Waals surface area contributed by atoms with Gasteiger partial charge in [0.15, 0.2) is 11.6 Å². The molecule has 0 unspecified atom stereocenters. The molecule has 10 aromatic rings. The van der Waals surface area contributed by atoms with E-state index in [-0.39, 0.29) is 0 Å². The summed E-state index contributed by atoms with van der Waals surface area (Å²) in [4.78, 5) is 20.2. The lowest BCUT2D eigenvalue weighted by molar-refractivity contribution is 0.954. The zero-order valence-corrected chi connectivity index (χ0v) is 26.8. The fourth-order valence-electron chi connectivity index (χ4n) is 7.21. The molecule has 6 nitrogen and oxygen atoms in total. The Morgan fingerprint density at radius 3 is 1.76 bits per heavy atom. The molecular weight excluding hydrogens is 613 g/mol. The molecule has 0 aliphatic carbocycles. The maximum atomic E-state index is 5.16. The van der Waals surface area contributed by atoms with Gasteiger partial charge in [-0.05, 0) is 48.0 Å². The highest BCUT2D eigenvalue weighted by Crippen LogP contribution is 2.40. The summed E-state index contributed by atoms with van der Waals surface area (Å²) in [5.74, 6) is 1.82. The van der Waals surface area contributed by atoms with Gasteiger partial charge in [0.25, 0.3) is 0 Å². The van der Waals surface area contributed by atoms with Gasteiger partial charge >= 0.3 is 0 Å². The number of rotatable bonds is 5. The molecule has 234 valence electrons. The third-order valence-corrected chi connectivity index (χ3v) is 9.43. The van der Waals surface area contributed by atoms with Crippen LogP contribution in [0.2, 0.25) is 0 Å². The number of aromatic nitrogens is 6. The van der Waals surface area contributed by atoms with Crippen molar-refractivity contribution in [1.29, 1.82) is 0 Å². The normalized spacial score (nSPS) is 11.6. The molecule has 0 atom stereocenters. The minimum atomic E-state index is 0.569. The Bertz CT molecular complexity index is 2800. The van der Waals surface area contributed by atoms with Gasteiger partial charge in [-0.3, -0.25) is 9.55 Å². The lowest BCUT2D eigenvalue weighted by Crippen LogP contribution is -2.06. The molecule has 0 aliphatic rings. The van der Waals surface area contributed by atoms with Crippen molar-refractivity contribution in [3.8, 4) is 45.5 Å². The molecule has 6 aromatic carbocycles. The summed E-state index contributed by atoms with van der Waals surface area (Å²) in [7, 11) is 0. The van der Waals surface area contributed by atoms with Crippen LogP contribution in [0.5, 0.6) is 0 Å². The monoisotopic (exact) mass is 640 g/mol. The second kappa shape index (κ2) is 11.4. The average Bonchev–Trinajstić information content (AvgIpc) is 3.71. The van der Waals surface area contributed by atoms with E-state index in [1.54, 1.807) is 0 Å². The van der Waals surface area contributed by atoms with Gasteiger partial charge in [-0.1, -0.05) is 121 Å². The Morgan fingerprint density at radius 1 is 0.400 bits per heavy atom. The van der Waals surface area contributed by atoms with Gasteiger partial charge in [-0.2, -0.15) is 9.97 Å². The van der Waals surface area contributed by atoms with Crippen molar-refractivity contribution in [3.05, 3.63) is 170 Å². The van der Waals surface area contributed by atoms with Gasteiger partial charge in [-0.25, -0.2) is 4.98 Å². The van der Waals surface area contributed by atoms with Crippen LogP contribution >= 0.6 is 0 Å². The van der Waals surface area contributed by atoms with Gasteiger partial charge in [0, 0.05) is 44.7 Å². The number of hydrogen-bond donors (Lipinski definition) is 0. The van der Waals surface area contributed by atoms with E-state index in [1.165, 1.54) is 0 Å². The summed E-state index contributed by atoms with van der Waals surface area (Å²) >= 11 is 0. The number of para-hydroxylation sites is 3. The molecule has 0 amide bonds. The molecule has 4 aromatic heterocycles. The molecule has 10 rings (SSSR count). The van der Waals surface area contributed by atoms with Gasteiger partial charge in [-0.15, -0.1) is 0 Å². The van der Waals surface area contributed by atoms with Crippen molar-refractivity contribution in [3.63, 3.8) is 0 Å². The van der Waals surface area contributed by atoms with Crippen molar-refractivity contribution >= 4 is 43.7 Å². The molecule has 4 heterocycles. The van der Waals surface area contributed by atoms with E-state index in [4.69, 9.17) is 19.9 Å². The van der Waals surface area contributed by atoms with Crippen molar-refractivity contribution in [2.24, 2.45) is 0 Å². The second-order valence-corrected chi connectivity index (χ2v) is 12.3. The van der Waals surface area contributed by atoms with Crippen LogP contribution in [0.4, 0.5) is 0 Å². The van der Waals surface area contributed by atoms with Gasteiger partial charge in [0.1, 0.15) is 0 Å². The molecule has 0 fully saturated rings. The van der Waals surface area contributed by atoms with Crippen LogP contribution in [0.3, 0.4) is 0 Å². The number of fused-ring (bicyclic) bond motifs is 6. The molecule has 0 saturated heterocycles. The molecule has 0 bridgehead atoms. The first-order valence-electron chi connectivity index (χ1n) is 16.7. The van der Waals surface area contributed by atoms with E-state index < -0.39 is 0 Å². The van der Waals surface area contributed by atoms with Gasteiger partial charge < -0.3 is 4.57 Å². The maximum Gasteiger partial charge on any atom is 0.238 e. The van der Waals surface area contributed by atoms with E-state index in [9.17, 15) is 0 Å². The molecule has 0 N–H and O–H groups in total. The Kier molecular flexibility index (Phi) is 6.39. The van der Waals surface area contributed by atoms with Crippen molar-refractivity contribution < 1.29 is 0 Å². The zero-order chi connectivity index (χ0) is 33.0. The first-order chi connectivity index (χ1) is 24.8. The van der Waals surface area contributed by atoms with Crippen molar-refractivity contribution in [1.82, 2.24) is 29.1 Å². The number of nitrogens with zero attached hydrogens (tertiary/aromatic N) is 6. The molecule has 0 radical (unpaired) electrons. The molecular formula is C44H28N6. The van der Waals surface area contributed by atoms with Gasteiger partial charge in [0.2, 0.25) is 5.95 Å². The highest BCUT2D eigenvalue weighted by Gasteiger charge is 2.21.